The lowest BCUT2D eigenvalue weighted by atomic mass is 9.96. The second kappa shape index (κ2) is 5.15. The molecular weight excluding hydrogens is 255 g/mol. The third-order valence-corrected chi connectivity index (χ3v) is 3.19. The van der Waals surface area contributed by atoms with E-state index >= 15 is 0 Å². The van der Waals surface area contributed by atoms with Crippen LogP contribution in [-0.4, -0.2) is 11.3 Å². The van der Waals surface area contributed by atoms with Crippen molar-refractivity contribution in [3.63, 3.8) is 0 Å². The molecule has 1 atom stereocenters. The standard InChI is InChI=1S/C14H16F3NO/c1-3-5-9(2)11-8-18-13-10(11)6-4-7-12(13)19-14(15,16)17/h4,6-9,18H,3,5H2,1-2H3. The summed E-state index contributed by atoms with van der Waals surface area (Å²) < 4.78 is 41.0. The summed E-state index contributed by atoms with van der Waals surface area (Å²) >= 11 is 0. The number of benzene rings is 1. The molecule has 0 aliphatic heterocycles. The van der Waals surface area contributed by atoms with Crippen LogP contribution in [0.3, 0.4) is 0 Å². The van der Waals surface area contributed by atoms with E-state index < -0.39 is 6.36 Å². The molecule has 0 amide bonds. The van der Waals surface area contributed by atoms with Crippen LogP contribution in [0, 0.1) is 0 Å². The van der Waals surface area contributed by atoms with Gasteiger partial charge in [0.05, 0.1) is 5.52 Å². The van der Waals surface area contributed by atoms with Crippen molar-refractivity contribution in [2.24, 2.45) is 0 Å². The maximum absolute atomic E-state index is 12.3. The van der Waals surface area contributed by atoms with Gasteiger partial charge in [0, 0.05) is 11.6 Å². The summed E-state index contributed by atoms with van der Waals surface area (Å²) in [4.78, 5) is 2.89. The van der Waals surface area contributed by atoms with Gasteiger partial charge in [-0.3, -0.25) is 0 Å². The predicted molar refractivity (Wildman–Crippen MR) is 68.3 cm³/mol. The first kappa shape index (κ1) is 13.8. The maximum atomic E-state index is 12.3. The zero-order valence-corrected chi connectivity index (χ0v) is 10.8. The Hall–Kier alpha value is -1.65. The minimum absolute atomic E-state index is 0.181. The van der Waals surface area contributed by atoms with E-state index in [4.69, 9.17) is 0 Å². The Labute approximate surface area is 109 Å². The molecule has 1 heterocycles. The number of halogens is 3. The highest BCUT2D eigenvalue weighted by molar-refractivity contribution is 5.88. The summed E-state index contributed by atoms with van der Waals surface area (Å²) in [5, 5.41) is 0.794. The van der Waals surface area contributed by atoms with E-state index in [2.05, 4.69) is 23.6 Å². The number of aromatic nitrogens is 1. The fourth-order valence-corrected chi connectivity index (χ4v) is 2.35. The van der Waals surface area contributed by atoms with Gasteiger partial charge in [0.2, 0.25) is 0 Å². The average Bonchev–Trinajstić information content (AvgIpc) is 2.72. The molecule has 1 aromatic carbocycles. The highest BCUT2D eigenvalue weighted by atomic mass is 19.4. The molecule has 0 radical (unpaired) electrons. The smallest absolute Gasteiger partial charge is 0.404 e. The third-order valence-electron chi connectivity index (χ3n) is 3.19. The van der Waals surface area contributed by atoms with Gasteiger partial charge in [0.25, 0.3) is 0 Å². The first-order valence-corrected chi connectivity index (χ1v) is 6.28. The molecule has 1 N–H and O–H groups in total. The van der Waals surface area contributed by atoms with Crippen molar-refractivity contribution >= 4 is 10.9 Å². The van der Waals surface area contributed by atoms with Crippen molar-refractivity contribution < 1.29 is 17.9 Å². The van der Waals surface area contributed by atoms with Crippen LogP contribution in [0.4, 0.5) is 13.2 Å². The molecule has 0 aliphatic carbocycles. The lowest BCUT2D eigenvalue weighted by Gasteiger charge is -2.11. The number of rotatable bonds is 4. The molecule has 0 spiro atoms. The minimum Gasteiger partial charge on any atom is -0.404 e. The van der Waals surface area contributed by atoms with E-state index in [1.54, 1.807) is 12.3 Å². The number of aromatic amines is 1. The van der Waals surface area contributed by atoms with Crippen LogP contribution in [0.2, 0.25) is 0 Å². The number of hydrogen-bond acceptors (Lipinski definition) is 1. The van der Waals surface area contributed by atoms with E-state index in [-0.39, 0.29) is 5.75 Å². The lowest BCUT2D eigenvalue weighted by Crippen LogP contribution is -2.17. The largest absolute Gasteiger partial charge is 0.573 e. The van der Waals surface area contributed by atoms with Crippen LogP contribution in [0.15, 0.2) is 24.4 Å². The second-order valence-electron chi connectivity index (χ2n) is 4.66. The quantitative estimate of drug-likeness (QED) is 0.834. The van der Waals surface area contributed by atoms with Crippen LogP contribution in [0.25, 0.3) is 10.9 Å². The molecule has 1 unspecified atom stereocenters. The molecule has 0 fully saturated rings. The zero-order valence-electron chi connectivity index (χ0n) is 10.8. The number of alkyl halides is 3. The molecule has 0 bridgehead atoms. The first-order chi connectivity index (χ1) is 8.92. The molecule has 2 rings (SSSR count). The Balaban J connectivity index is 2.42. The zero-order chi connectivity index (χ0) is 14.0. The summed E-state index contributed by atoms with van der Waals surface area (Å²) in [6, 6.07) is 4.72. The summed E-state index contributed by atoms with van der Waals surface area (Å²) in [6.45, 7) is 4.16. The molecule has 0 saturated heterocycles. The van der Waals surface area contributed by atoms with E-state index in [0.717, 1.165) is 23.8 Å². The lowest BCUT2D eigenvalue weighted by molar-refractivity contribution is -0.274. The number of fused-ring (bicyclic) bond motifs is 1. The third kappa shape index (κ3) is 3.03. The molecule has 2 nitrogen and oxygen atoms in total. The number of ether oxygens (including phenoxy) is 1. The molecule has 1 aromatic heterocycles. The normalized spacial score (nSPS) is 13.7. The van der Waals surface area contributed by atoms with Gasteiger partial charge < -0.3 is 9.72 Å². The molecule has 5 heteroatoms. The van der Waals surface area contributed by atoms with Gasteiger partial charge in [-0.2, -0.15) is 0 Å². The van der Waals surface area contributed by atoms with Gasteiger partial charge in [0.1, 0.15) is 0 Å². The van der Waals surface area contributed by atoms with Crippen molar-refractivity contribution in [1.29, 1.82) is 0 Å². The van der Waals surface area contributed by atoms with Crippen molar-refractivity contribution in [3.8, 4) is 5.75 Å². The van der Waals surface area contributed by atoms with E-state index in [0.29, 0.717) is 11.4 Å². The number of hydrogen-bond donors (Lipinski definition) is 1. The number of nitrogens with one attached hydrogen (secondary N) is 1. The van der Waals surface area contributed by atoms with Crippen LogP contribution >= 0.6 is 0 Å². The molecular formula is C14H16F3NO. The van der Waals surface area contributed by atoms with E-state index in [9.17, 15) is 13.2 Å². The van der Waals surface area contributed by atoms with Crippen LogP contribution in [-0.2, 0) is 0 Å². The summed E-state index contributed by atoms with van der Waals surface area (Å²) in [7, 11) is 0. The fraction of sp³-hybridized carbons (Fsp3) is 0.429. The van der Waals surface area contributed by atoms with Gasteiger partial charge in [-0.05, 0) is 24.0 Å². The second-order valence-corrected chi connectivity index (χ2v) is 4.66. The molecule has 0 aliphatic rings. The molecule has 0 saturated carbocycles. The van der Waals surface area contributed by atoms with Crippen LogP contribution in [0.1, 0.15) is 38.2 Å². The van der Waals surface area contributed by atoms with E-state index in [1.165, 1.54) is 6.07 Å². The monoisotopic (exact) mass is 271 g/mol. The molecule has 19 heavy (non-hydrogen) atoms. The summed E-state index contributed by atoms with van der Waals surface area (Å²) in [5.41, 5.74) is 1.43. The SMILES string of the molecule is CCCC(C)c1c[nH]c2c(OC(F)(F)F)cccc12. The van der Waals surface area contributed by atoms with Crippen molar-refractivity contribution in [2.45, 2.75) is 39.0 Å². The topological polar surface area (TPSA) is 25.0 Å². The highest BCUT2D eigenvalue weighted by Gasteiger charge is 2.32. The van der Waals surface area contributed by atoms with Gasteiger partial charge in [-0.1, -0.05) is 32.4 Å². The van der Waals surface area contributed by atoms with Crippen LogP contribution in [0.5, 0.6) is 5.75 Å². The number of para-hydroxylation sites is 1. The van der Waals surface area contributed by atoms with Gasteiger partial charge in [0.15, 0.2) is 5.75 Å². The molecule has 104 valence electrons. The van der Waals surface area contributed by atoms with Gasteiger partial charge in [-0.15, -0.1) is 13.2 Å². The Morgan fingerprint density at radius 1 is 1.32 bits per heavy atom. The van der Waals surface area contributed by atoms with Crippen molar-refractivity contribution in [1.82, 2.24) is 4.98 Å². The van der Waals surface area contributed by atoms with Crippen LogP contribution < -0.4 is 4.74 Å². The Kier molecular flexibility index (Phi) is 3.73. The van der Waals surface area contributed by atoms with Crippen molar-refractivity contribution in [2.75, 3.05) is 0 Å². The predicted octanol–water partition coefficient (Wildman–Crippen LogP) is 4.97. The first-order valence-electron chi connectivity index (χ1n) is 6.28. The average molecular weight is 271 g/mol. The fourth-order valence-electron chi connectivity index (χ4n) is 2.35. The Morgan fingerprint density at radius 3 is 2.68 bits per heavy atom. The van der Waals surface area contributed by atoms with E-state index in [1.807, 2.05) is 6.07 Å². The summed E-state index contributed by atoms with van der Waals surface area (Å²) in [6.07, 6.45) is -0.868. The summed E-state index contributed by atoms with van der Waals surface area (Å²) in [5.74, 6) is 0.125. The Bertz CT molecular complexity index is 559. The number of H-pyrrole nitrogens is 1. The maximum Gasteiger partial charge on any atom is 0.573 e. The van der Waals surface area contributed by atoms with Gasteiger partial charge >= 0.3 is 6.36 Å². The Morgan fingerprint density at radius 2 is 2.05 bits per heavy atom. The highest BCUT2D eigenvalue weighted by Crippen LogP contribution is 2.35. The van der Waals surface area contributed by atoms with Crippen molar-refractivity contribution in [3.05, 3.63) is 30.0 Å². The van der Waals surface area contributed by atoms with Gasteiger partial charge in [-0.25, -0.2) is 0 Å². The minimum atomic E-state index is -4.67. The molecule has 2 aromatic rings.